The third-order valence-corrected chi connectivity index (χ3v) is 4.16. The summed E-state index contributed by atoms with van der Waals surface area (Å²) in [5.74, 6) is 2.19. The minimum absolute atomic E-state index is 0.508. The van der Waals surface area contributed by atoms with E-state index < -0.39 is 0 Å². The lowest BCUT2D eigenvalue weighted by Gasteiger charge is -2.45. The van der Waals surface area contributed by atoms with Crippen LogP contribution >= 0.6 is 0 Å². The fourth-order valence-electron chi connectivity index (χ4n) is 3.10. The van der Waals surface area contributed by atoms with E-state index in [2.05, 4.69) is 15.2 Å². The summed E-state index contributed by atoms with van der Waals surface area (Å²) < 4.78 is 5.44. The molecule has 3 aliphatic rings. The SMILES string of the molecule is CCOc1nc(NC2CN3CCC2CC3)ccc1N. The van der Waals surface area contributed by atoms with E-state index in [4.69, 9.17) is 10.5 Å². The number of hydrogen-bond acceptors (Lipinski definition) is 5. The van der Waals surface area contributed by atoms with Gasteiger partial charge in [-0.1, -0.05) is 0 Å². The van der Waals surface area contributed by atoms with Crippen molar-refractivity contribution in [3.05, 3.63) is 12.1 Å². The lowest BCUT2D eigenvalue weighted by Crippen LogP contribution is -2.53. The summed E-state index contributed by atoms with van der Waals surface area (Å²) in [6.07, 6.45) is 2.59. The van der Waals surface area contributed by atoms with Crippen LogP contribution in [0.2, 0.25) is 0 Å². The van der Waals surface area contributed by atoms with Gasteiger partial charge in [0.05, 0.1) is 12.3 Å². The van der Waals surface area contributed by atoms with Gasteiger partial charge < -0.3 is 20.7 Å². The number of nitrogen functional groups attached to an aromatic ring is 1. The molecule has 19 heavy (non-hydrogen) atoms. The molecular formula is C14H22N4O. The smallest absolute Gasteiger partial charge is 0.239 e. The van der Waals surface area contributed by atoms with Crippen molar-refractivity contribution >= 4 is 11.5 Å². The highest BCUT2D eigenvalue weighted by atomic mass is 16.5. The van der Waals surface area contributed by atoms with Crippen molar-refractivity contribution in [1.29, 1.82) is 0 Å². The van der Waals surface area contributed by atoms with Crippen LogP contribution in [0.15, 0.2) is 12.1 Å². The molecule has 3 fully saturated rings. The van der Waals surface area contributed by atoms with Crippen molar-refractivity contribution in [3.8, 4) is 5.88 Å². The predicted molar refractivity (Wildman–Crippen MR) is 76.4 cm³/mol. The highest BCUT2D eigenvalue weighted by Gasteiger charge is 2.34. The molecule has 5 heteroatoms. The first-order valence-corrected chi connectivity index (χ1v) is 7.14. The molecule has 1 aromatic heterocycles. The van der Waals surface area contributed by atoms with Gasteiger partial charge in [-0.05, 0) is 50.9 Å². The first-order chi connectivity index (χ1) is 9.26. The predicted octanol–water partition coefficient (Wildman–Crippen LogP) is 1.57. The van der Waals surface area contributed by atoms with Crippen molar-refractivity contribution in [2.24, 2.45) is 5.92 Å². The van der Waals surface area contributed by atoms with E-state index >= 15 is 0 Å². The molecule has 104 valence electrons. The number of piperidine rings is 3. The Morgan fingerprint density at radius 1 is 1.42 bits per heavy atom. The lowest BCUT2D eigenvalue weighted by atomic mass is 9.84. The van der Waals surface area contributed by atoms with E-state index in [1.54, 1.807) is 0 Å². The minimum atomic E-state index is 0.508. The van der Waals surface area contributed by atoms with Gasteiger partial charge >= 0.3 is 0 Å². The molecule has 5 nitrogen and oxygen atoms in total. The Labute approximate surface area is 114 Å². The van der Waals surface area contributed by atoms with Crippen LogP contribution in [-0.2, 0) is 0 Å². The molecule has 0 spiro atoms. The number of ether oxygens (including phenoxy) is 1. The van der Waals surface area contributed by atoms with E-state index in [-0.39, 0.29) is 0 Å². The van der Waals surface area contributed by atoms with Crippen molar-refractivity contribution in [2.75, 3.05) is 37.3 Å². The first-order valence-electron chi connectivity index (χ1n) is 7.14. The topological polar surface area (TPSA) is 63.4 Å². The number of nitrogens with one attached hydrogen (secondary N) is 1. The van der Waals surface area contributed by atoms with Crippen molar-refractivity contribution in [3.63, 3.8) is 0 Å². The molecule has 3 saturated heterocycles. The average Bonchev–Trinajstić information content (AvgIpc) is 2.44. The van der Waals surface area contributed by atoms with Crippen LogP contribution in [0.3, 0.4) is 0 Å². The molecule has 4 rings (SSSR count). The Hall–Kier alpha value is -1.49. The second-order valence-electron chi connectivity index (χ2n) is 5.41. The third kappa shape index (κ3) is 2.61. The highest BCUT2D eigenvalue weighted by Crippen LogP contribution is 2.30. The largest absolute Gasteiger partial charge is 0.476 e. The molecule has 0 amide bonds. The summed E-state index contributed by atoms with van der Waals surface area (Å²) in [6, 6.07) is 4.31. The number of pyridine rings is 1. The fraction of sp³-hybridized carbons (Fsp3) is 0.643. The minimum Gasteiger partial charge on any atom is -0.476 e. The molecule has 1 atom stereocenters. The summed E-state index contributed by atoms with van der Waals surface area (Å²) in [5.41, 5.74) is 6.44. The van der Waals surface area contributed by atoms with Crippen LogP contribution < -0.4 is 15.8 Å². The maximum Gasteiger partial charge on any atom is 0.239 e. The van der Waals surface area contributed by atoms with Gasteiger partial charge in [-0.3, -0.25) is 0 Å². The van der Waals surface area contributed by atoms with Crippen LogP contribution in [0.5, 0.6) is 5.88 Å². The second-order valence-corrected chi connectivity index (χ2v) is 5.41. The van der Waals surface area contributed by atoms with Crippen molar-refractivity contribution in [2.45, 2.75) is 25.8 Å². The molecule has 0 radical (unpaired) electrons. The Morgan fingerprint density at radius 3 is 2.84 bits per heavy atom. The molecule has 2 bridgehead atoms. The van der Waals surface area contributed by atoms with Gasteiger partial charge in [0.15, 0.2) is 0 Å². The first kappa shape index (κ1) is 12.5. The van der Waals surface area contributed by atoms with Crippen LogP contribution in [0, 0.1) is 5.92 Å². The monoisotopic (exact) mass is 262 g/mol. The summed E-state index contributed by atoms with van der Waals surface area (Å²) >= 11 is 0. The lowest BCUT2D eigenvalue weighted by molar-refractivity contribution is 0.0973. The summed E-state index contributed by atoms with van der Waals surface area (Å²) in [5, 5.41) is 3.55. The molecule has 0 saturated carbocycles. The van der Waals surface area contributed by atoms with E-state index in [1.165, 1.54) is 25.9 Å². The average molecular weight is 262 g/mol. The molecule has 4 heterocycles. The van der Waals surface area contributed by atoms with Gasteiger partial charge in [0.25, 0.3) is 0 Å². The molecule has 1 aromatic rings. The number of anilines is 2. The Morgan fingerprint density at radius 2 is 2.21 bits per heavy atom. The number of aromatic nitrogens is 1. The van der Waals surface area contributed by atoms with E-state index in [1.807, 2.05) is 19.1 Å². The van der Waals surface area contributed by atoms with Crippen LogP contribution in [0.4, 0.5) is 11.5 Å². The second kappa shape index (κ2) is 5.25. The van der Waals surface area contributed by atoms with Crippen molar-refractivity contribution < 1.29 is 4.74 Å². The van der Waals surface area contributed by atoms with Gasteiger partial charge in [0, 0.05) is 12.6 Å². The fourth-order valence-corrected chi connectivity index (χ4v) is 3.10. The highest BCUT2D eigenvalue weighted by molar-refractivity contribution is 5.54. The quantitative estimate of drug-likeness (QED) is 0.862. The number of nitrogens with zero attached hydrogens (tertiary/aromatic N) is 2. The van der Waals surface area contributed by atoms with E-state index in [9.17, 15) is 0 Å². The Balaban J connectivity index is 1.71. The number of fused-ring (bicyclic) bond motifs is 3. The van der Waals surface area contributed by atoms with Gasteiger partial charge in [0.1, 0.15) is 5.82 Å². The van der Waals surface area contributed by atoms with Crippen LogP contribution in [-0.4, -0.2) is 42.2 Å². The number of hydrogen-bond donors (Lipinski definition) is 2. The Bertz CT molecular complexity index is 443. The number of nitrogens with two attached hydrogens (primary N) is 1. The molecule has 1 unspecified atom stereocenters. The third-order valence-electron chi connectivity index (χ3n) is 4.16. The Kier molecular flexibility index (Phi) is 3.46. The van der Waals surface area contributed by atoms with Crippen molar-refractivity contribution in [1.82, 2.24) is 9.88 Å². The summed E-state index contributed by atoms with van der Waals surface area (Å²) in [7, 11) is 0. The maximum atomic E-state index is 5.85. The van der Waals surface area contributed by atoms with E-state index in [0.717, 1.165) is 18.3 Å². The zero-order valence-corrected chi connectivity index (χ0v) is 11.4. The van der Waals surface area contributed by atoms with Gasteiger partial charge in [0.2, 0.25) is 5.88 Å². The van der Waals surface area contributed by atoms with Gasteiger partial charge in [-0.2, -0.15) is 4.98 Å². The normalized spacial score (nSPS) is 29.2. The van der Waals surface area contributed by atoms with E-state index in [0.29, 0.717) is 24.2 Å². The molecule has 0 aromatic carbocycles. The molecule has 3 aliphatic heterocycles. The molecular weight excluding hydrogens is 240 g/mol. The van der Waals surface area contributed by atoms with Crippen LogP contribution in [0.1, 0.15) is 19.8 Å². The maximum absolute atomic E-state index is 5.85. The summed E-state index contributed by atoms with van der Waals surface area (Å²) in [4.78, 5) is 6.99. The summed E-state index contributed by atoms with van der Waals surface area (Å²) in [6.45, 7) is 6.15. The van der Waals surface area contributed by atoms with Crippen LogP contribution in [0.25, 0.3) is 0 Å². The van der Waals surface area contributed by atoms with Gasteiger partial charge in [-0.25, -0.2) is 0 Å². The molecule has 3 N–H and O–H groups in total. The van der Waals surface area contributed by atoms with Gasteiger partial charge in [-0.15, -0.1) is 0 Å². The molecule has 0 aliphatic carbocycles. The number of rotatable bonds is 4. The zero-order valence-electron chi connectivity index (χ0n) is 11.4. The zero-order chi connectivity index (χ0) is 13.2. The standard InChI is InChI=1S/C14H22N4O/c1-2-19-14-11(15)3-4-13(17-14)16-12-9-18-7-5-10(12)6-8-18/h3-4,10,12H,2,5-9,15H2,1H3,(H,16,17).